The standard InChI is InChI=1S/C4H8O/c1-4(2)3-5/h4-5H,1-2H3. The van der Waals surface area contributed by atoms with Gasteiger partial charge in [0, 0.05) is 0 Å². The molecule has 0 aliphatic carbocycles. The number of aliphatic hydroxyl groups is 1. The molecule has 1 nitrogen and oxygen atoms in total. The van der Waals surface area contributed by atoms with E-state index >= 15 is 0 Å². The normalized spacial score (nSPS) is 9.60. The number of hydrogen-bond acceptors (Lipinski definition) is 1. The molecule has 0 aromatic heterocycles. The number of aliphatic hydroxyl groups excluding tert-OH is 1. The molecule has 0 bridgehead atoms. The van der Waals surface area contributed by atoms with Gasteiger partial charge >= 0.3 is 0 Å². The Kier molecular flexibility index (Phi) is 2.19. The van der Waals surface area contributed by atoms with Crippen molar-refractivity contribution in [2.24, 2.45) is 5.92 Å². The van der Waals surface area contributed by atoms with Crippen LogP contribution in [0.5, 0.6) is 0 Å². The van der Waals surface area contributed by atoms with Crippen LogP contribution in [0.4, 0.5) is 0 Å². The van der Waals surface area contributed by atoms with E-state index in [1.807, 2.05) is 20.5 Å². The van der Waals surface area contributed by atoms with E-state index in [1.165, 1.54) is 0 Å². The van der Waals surface area contributed by atoms with Crippen molar-refractivity contribution in [3.05, 3.63) is 6.61 Å². The Morgan fingerprint density at radius 1 is 1.60 bits per heavy atom. The smallest absolute Gasteiger partial charge is 0.130 e. The van der Waals surface area contributed by atoms with Gasteiger partial charge in [-0.05, 0) is 5.92 Å². The lowest BCUT2D eigenvalue weighted by atomic mass is 10.2. The second-order valence-corrected chi connectivity index (χ2v) is 1.28. The van der Waals surface area contributed by atoms with Crippen molar-refractivity contribution < 1.29 is 5.11 Å². The monoisotopic (exact) mass is 72.1 g/mol. The molecule has 0 spiro atoms. The molecule has 0 aromatic rings. The lowest BCUT2D eigenvalue weighted by Crippen LogP contribution is -1.82. The Morgan fingerprint density at radius 2 is 1.80 bits per heavy atom. The quantitative estimate of drug-likeness (QED) is 0.491. The summed E-state index contributed by atoms with van der Waals surface area (Å²) >= 11 is 0. The zero-order valence-electron chi connectivity index (χ0n) is 3.52. The van der Waals surface area contributed by atoms with E-state index in [0.717, 1.165) is 0 Å². The van der Waals surface area contributed by atoms with Crippen molar-refractivity contribution in [1.29, 1.82) is 0 Å². The lowest BCUT2D eigenvalue weighted by Gasteiger charge is -1.87. The molecular weight excluding hydrogens is 64.0 g/mol. The SMILES string of the molecule is CC(C)[C]O. The zero-order chi connectivity index (χ0) is 4.28. The molecule has 5 heavy (non-hydrogen) atoms. The van der Waals surface area contributed by atoms with Crippen LogP contribution in [0.2, 0.25) is 0 Å². The summed E-state index contributed by atoms with van der Waals surface area (Å²) < 4.78 is 0. The van der Waals surface area contributed by atoms with Crippen LogP contribution < -0.4 is 0 Å². The molecule has 30 valence electrons. The maximum atomic E-state index is 7.89. The van der Waals surface area contributed by atoms with Gasteiger partial charge in [-0.15, -0.1) is 0 Å². The van der Waals surface area contributed by atoms with Crippen LogP contribution in [0.15, 0.2) is 0 Å². The first-order chi connectivity index (χ1) is 2.27. The minimum atomic E-state index is 0.190. The van der Waals surface area contributed by atoms with Crippen molar-refractivity contribution >= 4 is 0 Å². The van der Waals surface area contributed by atoms with E-state index < -0.39 is 0 Å². The van der Waals surface area contributed by atoms with Gasteiger partial charge in [-0.25, -0.2) is 0 Å². The molecule has 0 aliphatic rings. The lowest BCUT2D eigenvalue weighted by molar-refractivity contribution is 0.337. The van der Waals surface area contributed by atoms with E-state index in [2.05, 4.69) is 0 Å². The summed E-state index contributed by atoms with van der Waals surface area (Å²) in [6.07, 6.45) is 0. The Balaban J connectivity index is 2.54. The summed E-state index contributed by atoms with van der Waals surface area (Å²) in [5, 5.41) is 7.89. The molecule has 0 unspecified atom stereocenters. The van der Waals surface area contributed by atoms with Crippen molar-refractivity contribution in [2.75, 3.05) is 0 Å². The molecule has 0 fully saturated rings. The van der Waals surface area contributed by atoms with Crippen LogP contribution in [0.3, 0.4) is 0 Å². The third-order valence-corrected chi connectivity index (χ3v) is 0.258. The van der Waals surface area contributed by atoms with Gasteiger partial charge in [-0.3, -0.25) is 0 Å². The largest absolute Gasteiger partial charge is 0.383 e. The van der Waals surface area contributed by atoms with E-state index in [1.54, 1.807) is 0 Å². The first kappa shape index (κ1) is 4.96. The van der Waals surface area contributed by atoms with Crippen LogP contribution in [-0.2, 0) is 0 Å². The van der Waals surface area contributed by atoms with Gasteiger partial charge in [0.2, 0.25) is 0 Å². The third kappa shape index (κ3) is 3.96. The zero-order valence-corrected chi connectivity index (χ0v) is 3.52. The highest BCUT2D eigenvalue weighted by atomic mass is 16.3. The van der Waals surface area contributed by atoms with Gasteiger partial charge in [0.05, 0.1) is 0 Å². The predicted molar refractivity (Wildman–Crippen MR) is 20.0 cm³/mol. The number of rotatable bonds is 1. The Morgan fingerprint density at radius 3 is 1.80 bits per heavy atom. The van der Waals surface area contributed by atoms with E-state index in [-0.39, 0.29) is 5.92 Å². The molecule has 1 N–H and O–H groups in total. The fourth-order valence-electron chi connectivity index (χ4n) is 0. The molecule has 0 rings (SSSR count). The van der Waals surface area contributed by atoms with Gasteiger partial charge in [0.25, 0.3) is 0 Å². The average molecular weight is 72.1 g/mol. The van der Waals surface area contributed by atoms with Gasteiger partial charge in [0.15, 0.2) is 0 Å². The minimum absolute atomic E-state index is 0.190. The summed E-state index contributed by atoms with van der Waals surface area (Å²) in [7, 11) is 0. The summed E-state index contributed by atoms with van der Waals surface area (Å²) in [5.74, 6) is 0.190. The van der Waals surface area contributed by atoms with Gasteiger partial charge < -0.3 is 5.11 Å². The molecule has 1 heteroatoms. The summed E-state index contributed by atoms with van der Waals surface area (Å²) in [4.78, 5) is 0. The van der Waals surface area contributed by atoms with Gasteiger partial charge in [-0.1, -0.05) is 13.8 Å². The minimum Gasteiger partial charge on any atom is -0.383 e. The highest BCUT2D eigenvalue weighted by Gasteiger charge is 1.84. The molecule has 0 saturated carbocycles. The second-order valence-electron chi connectivity index (χ2n) is 1.28. The number of hydrogen-bond donors (Lipinski definition) is 1. The van der Waals surface area contributed by atoms with Crippen LogP contribution in [0.1, 0.15) is 13.8 Å². The van der Waals surface area contributed by atoms with E-state index in [9.17, 15) is 0 Å². The molecular formula is C4H8O. The molecule has 0 heterocycles. The van der Waals surface area contributed by atoms with Gasteiger partial charge in [-0.2, -0.15) is 0 Å². The van der Waals surface area contributed by atoms with Crippen molar-refractivity contribution in [3.63, 3.8) is 0 Å². The molecule has 2 radical (unpaired) electrons. The Labute approximate surface area is 32.6 Å². The Hall–Kier alpha value is -0.0400. The topological polar surface area (TPSA) is 20.2 Å². The molecule has 0 atom stereocenters. The highest BCUT2D eigenvalue weighted by Crippen LogP contribution is 1.89. The molecule has 0 saturated heterocycles. The van der Waals surface area contributed by atoms with Crippen molar-refractivity contribution in [1.82, 2.24) is 0 Å². The summed E-state index contributed by atoms with van der Waals surface area (Å²) in [6.45, 7) is 5.75. The van der Waals surface area contributed by atoms with Gasteiger partial charge in [0.1, 0.15) is 6.61 Å². The van der Waals surface area contributed by atoms with E-state index in [0.29, 0.717) is 0 Å². The Bertz CT molecular complexity index is 17.6. The fourth-order valence-corrected chi connectivity index (χ4v) is 0. The van der Waals surface area contributed by atoms with Crippen LogP contribution in [0.25, 0.3) is 0 Å². The molecule has 0 amide bonds. The summed E-state index contributed by atoms with van der Waals surface area (Å²) in [5.41, 5.74) is 0. The van der Waals surface area contributed by atoms with E-state index in [4.69, 9.17) is 5.11 Å². The maximum absolute atomic E-state index is 7.89. The second kappa shape index (κ2) is 2.21. The first-order valence-corrected chi connectivity index (χ1v) is 1.67. The van der Waals surface area contributed by atoms with Crippen LogP contribution in [0, 0.1) is 12.5 Å². The maximum Gasteiger partial charge on any atom is 0.130 e. The third-order valence-electron chi connectivity index (χ3n) is 0.258. The summed E-state index contributed by atoms with van der Waals surface area (Å²) in [6, 6.07) is 0. The fraction of sp³-hybridized carbons (Fsp3) is 0.750. The van der Waals surface area contributed by atoms with Crippen molar-refractivity contribution in [2.45, 2.75) is 13.8 Å². The predicted octanol–water partition coefficient (Wildman–Crippen LogP) is 1.05. The molecule has 0 aromatic carbocycles. The first-order valence-electron chi connectivity index (χ1n) is 1.67. The average Bonchev–Trinajstić information content (AvgIpc) is 1.38. The highest BCUT2D eigenvalue weighted by molar-refractivity contribution is 4.48. The van der Waals surface area contributed by atoms with Crippen LogP contribution in [-0.4, -0.2) is 5.11 Å². The van der Waals surface area contributed by atoms with Crippen molar-refractivity contribution in [3.8, 4) is 0 Å². The van der Waals surface area contributed by atoms with Crippen LogP contribution >= 0.6 is 0 Å². The molecule has 0 aliphatic heterocycles.